The van der Waals surface area contributed by atoms with Crippen molar-refractivity contribution in [2.24, 2.45) is 0 Å². The van der Waals surface area contributed by atoms with Crippen LogP contribution in [0.4, 0.5) is 0 Å². The van der Waals surface area contributed by atoms with Crippen molar-refractivity contribution in [2.75, 3.05) is 26.2 Å². The summed E-state index contributed by atoms with van der Waals surface area (Å²) in [7, 11) is 0. The molecular weight excluding hydrogens is 328 g/mol. The second-order valence-corrected chi connectivity index (χ2v) is 7.14. The number of amides is 1. The number of aliphatic hydroxyl groups is 1. The van der Waals surface area contributed by atoms with Crippen molar-refractivity contribution in [1.29, 1.82) is 0 Å². The predicted molar refractivity (Wildman–Crippen MR) is 97.5 cm³/mol. The van der Waals surface area contributed by atoms with Gasteiger partial charge in [-0.2, -0.15) is 0 Å². The van der Waals surface area contributed by atoms with Crippen LogP contribution in [0.3, 0.4) is 0 Å². The standard InChI is InChI=1S/C20H24N4O2/c25-19(17-14-21-9-10-22-17)24-13-8-20(26,16-6-2-1-3-7-16)18(15-24)23-11-4-5-12-23/h1-3,6-7,9-10,14,18,26H,4-5,8,11-13,15H2/t18-,20+/m1/s1. The zero-order chi connectivity index (χ0) is 18.0. The Labute approximate surface area is 153 Å². The van der Waals surface area contributed by atoms with Gasteiger partial charge in [-0.05, 0) is 37.9 Å². The molecular formula is C20H24N4O2. The monoisotopic (exact) mass is 352 g/mol. The van der Waals surface area contributed by atoms with Gasteiger partial charge in [-0.3, -0.25) is 14.7 Å². The molecule has 1 aromatic heterocycles. The maximum absolute atomic E-state index is 12.8. The Balaban J connectivity index is 1.62. The van der Waals surface area contributed by atoms with Gasteiger partial charge in [0.15, 0.2) is 0 Å². The maximum atomic E-state index is 12.8. The lowest BCUT2D eigenvalue weighted by Gasteiger charge is -2.48. The number of carbonyl (C=O) groups excluding carboxylic acids is 1. The summed E-state index contributed by atoms with van der Waals surface area (Å²) in [6.45, 7) is 2.94. The summed E-state index contributed by atoms with van der Waals surface area (Å²) in [5, 5.41) is 11.6. The van der Waals surface area contributed by atoms with Crippen molar-refractivity contribution in [1.82, 2.24) is 19.8 Å². The average molecular weight is 352 g/mol. The lowest BCUT2D eigenvalue weighted by Crippen LogP contribution is -2.61. The number of benzene rings is 1. The summed E-state index contributed by atoms with van der Waals surface area (Å²) < 4.78 is 0. The van der Waals surface area contributed by atoms with Crippen molar-refractivity contribution in [2.45, 2.75) is 30.9 Å². The van der Waals surface area contributed by atoms with E-state index in [1.807, 2.05) is 35.2 Å². The quantitative estimate of drug-likeness (QED) is 0.910. The fourth-order valence-electron chi connectivity index (χ4n) is 4.21. The number of hydrogen-bond acceptors (Lipinski definition) is 5. The molecule has 0 saturated carbocycles. The molecule has 2 aliphatic heterocycles. The first-order valence-electron chi connectivity index (χ1n) is 9.26. The van der Waals surface area contributed by atoms with E-state index in [2.05, 4.69) is 14.9 Å². The molecule has 4 rings (SSSR count). The summed E-state index contributed by atoms with van der Waals surface area (Å²) in [5.74, 6) is -0.114. The van der Waals surface area contributed by atoms with Crippen LogP contribution >= 0.6 is 0 Å². The first-order chi connectivity index (χ1) is 12.7. The van der Waals surface area contributed by atoms with E-state index in [9.17, 15) is 9.90 Å². The van der Waals surface area contributed by atoms with Gasteiger partial charge in [0, 0.05) is 25.5 Å². The Morgan fingerprint density at radius 3 is 2.58 bits per heavy atom. The molecule has 6 nitrogen and oxygen atoms in total. The summed E-state index contributed by atoms with van der Waals surface area (Å²) in [4.78, 5) is 25.1. The van der Waals surface area contributed by atoms with E-state index in [0.29, 0.717) is 25.2 Å². The first-order valence-corrected chi connectivity index (χ1v) is 9.26. The van der Waals surface area contributed by atoms with E-state index in [1.54, 1.807) is 6.20 Å². The fourth-order valence-corrected chi connectivity index (χ4v) is 4.21. The number of rotatable bonds is 3. The Kier molecular flexibility index (Phi) is 4.70. The van der Waals surface area contributed by atoms with Crippen LogP contribution < -0.4 is 0 Å². The lowest BCUT2D eigenvalue weighted by molar-refractivity contribution is -0.0878. The van der Waals surface area contributed by atoms with Gasteiger partial charge in [0.25, 0.3) is 5.91 Å². The second-order valence-electron chi connectivity index (χ2n) is 7.14. The SMILES string of the molecule is O=C(c1cnccn1)N1CC[C@](O)(c2ccccc2)[C@H](N2CCCC2)C1. The second kappa shape index (κ2) is 7.13. The van der Waals surface area contributed by atoms with Crippen molar-refractivity contribution in [3.63, 3.8) is 0 Å². The summed E-state index contributed by atoms with van der Waals surface area (Å²) in [6.07, 6.45) is 7.40. The highest BCUT2D eigenvalue weighted by atomic mass is 16.3. The number of aromatic nitrogens is 2. The molecule has 0 spiro atoms. The van der Waals surface area contributed by atoms with Gasteiger partial charge in [0.1, 0.15) is 11.3 Å². The number of nitrogens with zero attached hydrogens (tertiary/aromatic N) is 4. The maximum Gasteiger partial charge on any atom is 0.274 e. The number of piperidine rings is 1. The molecule has 2 fully saturated rings. The van der Waals surface area contributed by atoms with Crippen molar-refractivity contribution in [3.05, 3.63) is 60.2 Å². The minimum Gasteiger partial charge on any atom is -0.383 e. The third kappa shape index (κ3) is 3.10. The smallest absolute Gasteiger partial charge is 0.274 e. The molecule has 26 heavy (non-hydrogen) atoms. The van der Waals surface area contributed by atoms with Crippen LogP contribution in [0, 0.1) is 0 Å². The summed E-state index contributed by atoms with van der Waals surface area (Å²) >= 11 is 0. The van der Waals surface area contributed by atoms with E-state index in [4.69, 9.17) is 0 Å². The topological polar surface area (TPSA) is 69.6 Å². The fraction of sp³-hybridized carbons (Fsp3) is 0.450. The van der Waals surface area contributed by atoms with E-state index in [-0.39, 0.29) is 11.9 Å². The van der Waals surface area contributed by atoms with Crippen LogP contribution in [0.5, 0.6) is 0 Å². The lowest BCUT2D eigenvalue weighted by atomic mass is 9.79. The van der Waals surface area contributed by atoms with E-state index >= 15 is 0 Å². The summed E-state index contributed by atoms with van der Waals surface area (Å²) in [5.41, 5.74) is 0.353. The van der Waals surface area contributed by atoms with Crippen LogP contribution in [-0.2, 0) is 5.60 Å². The molecule has 2 saturated heterocycles. The van der Waals surface area contributed by atoms with Gasteiger partial charge in [-0.25, -0.2) is 4.98 Å². The highest BCUT2D eigenvalue weighted by Gasteiger charge is 2.47. The van der Waals surface area contributed by atoms with Crippen molar-refractivity contribution >= 4 is 5.91 Å². The number of carbonyl (C=O) groups is 1. The van der Waals surface area contributed by atoms with Crippen LogP contribution in [0.2, 0.25) is 0 Å². The zero-order valence-electron chi connectivity index (χ0n) is 14.8. The predicted octanol–water partition coefficient (Wildman–Crippen LogP) is 1.67. The van der Waals surface area contributed by atoms with E-state index in [1.165, 1.54) is 12.4 Å². The van der Waals surface area contributed by atoms with Gasteiger partial charge in [-0.15, -0.1) is 0 Å². The number of likely N-dealkylation sites (tertiary alicyclic amines) is 2. The molecule has 0 radical (unpaired) electrons. The highest BCUT2D eigenvalue weighted by molar-refractivity contribution is 5.92. The van der Waals surface area contributed by atoms with E-state index in [0.717, 1.165) is 31.5 Å². The highest BCUT2D eigenvalue weighted by Crippen LogP contribution is 2.37. The largest absolute Gasteiger partial charge is 0.383 e. The first kappa shape index (κ1) is 17.1. The van der Waals surface area contributed by atoms with Gasteiger partial charge in [-0.1, -0.05) is 30.3 Å². The summed E-state index contributed by atoms with van der Waals surface area (Å²) in [6, 6.07) is 9.76. The Hall–Kier alpha value is -2.31. The van der Waals surface area contributed by atoms with Gasteiger partial charge >= 0.3 is 0 Å². The van der Waals surface area contributed by atoms with Gasteiger partial charge in [0.2, 0.25) is 0 Å². The Morgan fingerprint density at radius 1 is 1.12 bits per heavy atom. The third-order valence-corrected chi connectivity index (χ3v) is 5.63. The van der Waals surface area contributed by atoms with Gasteiger partial charge < -0.3 is 10.0 Å². The van der Waals surface area contributed by atoms with Crippen LogP contribution in [0.15, 0.2) is 48.9 Å². The molecule has 2 atom stereocenters. The van der Waals surface area contributed by atoms with Gasteiger partial charge in [0.05, 0.1) is 12.2 Å². The van der Waals surface area contributed by atoms with Crippen molar-refractivity contribution < 1.29 is 9.90 Å². The molecule has 1 aromatic carbocycles. The Morgan fingerprint density at radius 2 is 1.88 bits per heavy atom. The van der Waals surface area contributed by atoms with E-state index < -0.39 is 5.60 Å². The number of hydrogen-bond donors (Lipinski definition) is 1. The molecule has 6 heteroatoms. The molecule has 0 unspecified atom stereocenters. The minimum atomic E-state index is -0.940. The molecule has 3 heterocycles. The third-order valence-electron chi connectivity index (χ3n) is 5.63. The molecule has 0 bridgehead atoms. The molecule has 1 N–H and O–H groups in total. The molecule has 136 valence electrons. The normalized spacial score (nSPS) is 26.8. The van der Waals surface area contributed by atoms with Crippen LogP contribution in [0.25, 0.3) is 0 Å². The molecule has 2 aliphatic rings. The Bertz CT molecular complexity index is 749. The minimum absolute atomic E-state index is 0.109. The zero-order valence-corrected chi connectivity index (χ0v) is 14.8. The van der Waals surface area contributed by atoms with Crippen LogP contribution in [0.1, 0.15) is 35.3 Å². The van der Waals surface area contributed by atoms with Crippen LogP contribution in [-0.4, -0.2) is 63.0 Å². The molecule has 1 amide bonds. The molecule has 0 aliphatic carbocycles. The van der Waals surface area contributed by atoms with Crippen molar-refractivity contribution in [3.8, 4) is 0 Å². The molecule has 2 aromatic rings. The average Bonchev–Trinajstić information content (AvgIpc) is 3.24.